The Morgan fingerprint density at radius 2 is 1.74 bits per heavy atom. The molecule has 1 saturated heterocycles. The first-order valence-electron chi connectivity index (χ1n) is 9.38. The van der Waals surface area contributed by atoms with Crippen molar-refractivity contribution in [3.63, 3.8) is 0 Å². The Kier molecular flexibility index (Phi) is 6.32. The summed E-state index contributed by atoms with van der Waals surface area (Å²) in [5.74, 6) is -2.25. The van der Waals surface area contributed by atoms with Crippen LogP contribution in [0.3, 0.4) is 0 Å². The van der Waals surface area contributed by atoms with Gasteiger partial charge in [0.05, 0.1) is 5.60 Å². The first-order valence-corrected chi connectivity index (χ1v) is 9.38. The molecular formula is C21H31NO5. The maximum Gasteiger partial charge on any atom is 0.320 e. The minimum absolute atomic E-state index is 0.401. The van der Waals surface area contributed by atoms with Gasteiger partial charge in [-0.3, -0.25) is 14.5 Å². The van der Waals surface area contributed by atoms with Crippen LogP contribution in [0.2, 0.25) is 0 Å². The Morgan fingerprint density at radius 1 is 1.15 bits per heavy atom. The van der Waals surface area contributed by atoms with Crippen molar-refractivity contribution in [1.82, 2.24) is 4.90 Å². The van der Waals surface area contributed by atoms with Crippen LogP contribution in [0.15, 0.2) is 30.3 Å². The van der Waals surface area contributed by atoms with Gasteiger partial charge in [0.25, 0.3) is 0 Å². The lowest BCUT2D eigenvalue weighted by Gasteiger charge is -2.39. The predicted octanol–water partition coefficient (Wildman–Crippen LogP) is 2.83. The fourth-order valence-electron chi connectivity index (χ4n) is 3.82. The minimum atomic E-state index is -1.34. The number of esters is 1. The van der Waals surface area contributed by atoms with Crippen molar-refractivity contribution in [1.29, 1.82) is 0 Å². The average molecular weight is 377 g/mol. The molecule has 0 spiro atoms. The van der Waals surface area contributed by atoms with Crippen molar-refractivity contribution < 1.29 is 24.5 Å². The number of carboxylic acids is 1. The lowest BCUT2D eigenvalue weighted by Crippen LogP contribution is -2.53. The van der Waals surface area contributed by atoms with E-state index in [9.17, 15) is 19.8 Å². The zero-order chi connectivity index (χ0) is 20.4. The summed E-state index contributed by atoms with van der Waals surface area (Å²) in [5.41, 5.74) is -1.06. The van der Waals surface area contributed by atoms with E-state index >= 15 is 0 Å². The topological polar surface area (TPSA) is 87.1 Å². The van der Waals surface area contributed by atoms with Crippen molar-refractivity contribution in [2.24, 2.45) is 5.92 Å². The number of likely N-dealkylation sites (tertiary alicyclic amines) is 1. The van der Waals surface area contributed by atoms with Gasteiger partial charge in [0, 0.05) is 12.6 Å². The first-order chi connectivity index (χ1) is 12.4. The van der Waals surface area contributed by atoms with Gasteiger partial charge in [-0.1, -0.05) is 30.3 Å². The van der Waals surface area contributed by atoms with E-state index in [0.29, 0.717) is 19.4 Å². The number of aliphatic carboxylic acids is 1. The number of carbonyl (C=O) groups is 2. The van der Waals surface area contributed by atoms with Crippen LogP contribution in [0.25, 0.3) is 0 Å². The molecule has 1 aromatic rings. The second-order valence-electron chi connectivity index (χ2n) is 8.82. The molecule has 2 rings (SSSR count). The molecule has 1 unspecified atom stereocenters. The van der Waals surface area contributed by atoms with Crippen LogP contribution in [-0.4, -0.2) is 50.3 Å². The molecule has 27 heavy (non-hydrogen) atoms. The van der Waals surface area contributed by atoms with Gasteiger partial charge in [-0.05, 0) is 53.0 Å². The molecule has 1 aliphatic heterocycles. The molecule has 3 atom stereocenters. The summed E-state index contributed by atoms with van der Waals surface area (Å²) < 4.78 is 5.56. The fraction of sp³-hybridized carbons (Fsp3) is 0.619. The molecule has 0 radical (unpaired) electrons. The van der Waals surface area contributed by atoms with Crippen LogP contribution >= 0.6 is 0 Å². The first kappa shape index (κ1) is 21.4. The van der Waals surface area contributed by atoms with E-state index < -0.39 is 41.1 Å². The van der Waals surface area contributed by atoms with Gasteiger partial charge in [-0.15, -0.1) is 0 Å². The van der Waals surface area contributed by atoms with Crippen LogP contribution in [0.1, 0.15) is 53.0 Å². The lowest BCUT2D eigenvalue weighted by molar-refractivity contribution is -0.173. The summed E-state index contributed by atoms with van der Waals surface area (Å²) in [4.78, 5) is 26.5. The molecule has 0 aliphatic carbocycles. The monoisotopic (exact) mass is 377 g/mol. The maximum atomic E-state index is 12.9. The SMILES string of the molecule is CC(C)(C)OC(=O)C([C@H]1CC[C@@H](C(=O)O)N1Cc1ccccc1)C(C)(C)O. The van der Waals surface area contributed by atoms with E-state index in [1.807, 2.05) is 35.2 Å². The van der Waals surface area contributed by atoms with Crippen molar-refractivity contribution in [2.75, 3.05) is 0 Å². The van der Waals surface area contributed by atoms with E-state index in [4.69, 9.17) is 4.74 Å². The zero-order valence-corrected chi connectivity index (χ0v) is 16.8. The number of hydrogen-bond donors (Lipinski definition) is 2. The van der Waals surface area contributed by atoms with E-state index in [0.717, 1.165) is 5.56 Å². The van der Waals surface area contributed by atoms with Crippen molar-refractivity contribution >= 4 is 11.9 Å². The van der Waals surface area contributed by atoms with Gasteiger partial charge in [0.1, 0.15) is 17.6 Å². The molecule has 1 aromatic carbocycles. The van der Waals surface area contributed by atoms with E-state index in [1.54, 1.807) is 34.6 Å². The summed E-state index contributed by atoms with van der Waals surface area (Å²) >= 11 is 0. The highest BCUT2D eigenvalue weighted by Gasteiger charge is 2.50. The van der Waals surface area contributed by atoms with Crippen molar-refractivity contribution in [3.05, 3.63) is 35.9 Å². The Bertz CT molecular complexity index is 659. The Labute approximate surface area is 161 Å². The lowest BCUT2D eigenvalue weighted by atomic mass is 9.83. The predicted molar refractivity (Wildman–Crippen MR) is 102 cm³/mol. The number of aliphatic hydroxyl groups is 1. The Balaban J connectivity index is 2.36. The Morgan fingerprint density at radius 3 is 2.22 bits per heavy atom. The molecule has 0 aromatic heterocycles. The van der Waals surface area contributed by atoms with Gasteiger partial charge in [-0.2, -0.15) is 0 Å². The second-order valence-corrected chi connectivity index (χ2v) is 8.82. The summed E-state index contributed by atoms with van der Waals surface area (Å²) in [6.07, 6.45) is 0.944. The summed E-state index contributed by atoms with van der Waals surface area (Å²) in [7, 11) is 0. The van der Waals surface area contributed by atoms with Crippen LogP contribution in [0, 0.1) is 5.92 Å². The highest BCUT2D eigenvalue weighted by atomic mass is 16.6. The van der Waals surface area contributed by atoms with Gasteiger partial charge in [-0.25, -0.2) is 0 Å². The normalized spacial score (nSPS) is 22.4. The summed E-state index contributed by atoms with van der Waals surface area (Å²) in [6.45, 7) is 8.90. The zero-order valence-electron chi connectivity index (χ0n) is 16.8. The number of nitrogens with zero attached hydrogens (tertiary/aromatic N) is 1. The number of carbonyl (C=O) groups excluding carboxylic acids is 1. The van der Waals surface area contributed by atoms with E-state index in [1.165, 1.54) is 0 Å². The van der Waals surface area contributed by atoms with E-state index in [-0.39, 0.29) is 0 Å². The molecule has 1 heterocycles. The molecule has 6 heteroatoms. The highest BCUT2D eigenvalue weighted by molar-refractivity contribution is 5.77. The quantitative estimate of drug-likeness (QED) is 0.742. The number of carboxylic acid groups (broad SMARTS) is 1. The van der Waals surface area contributed by atoms with Gasteiger partial charge in [0.2, 0.25) is 0 Å². The third kappa shape index (κ3) is 5.53. The van der Waals surface area contributed by atoms with Crippen LogP contribution in [0.4, 0.5) is 0 Å². The van der Waals surface area contributed by atoms with Crippen LogP contribution in [-0.2, 0) is 20.9 Å². The second kappa shape index (κ2) is 7.98. The number of ether oxygens (including phenoxy) is 1. The van der Waals surface area contributed by atoms with Gasteiger partial charge in [0.15, 0.2) is 0 Å². The van der Waals surface area contributed by atoms with Crippen molar-refractivity contribution in [3.8, 4) is 0 Å². The third-order valence-corrected chi connectivity index (χ3v) is 4.86. The minimum Gasteiger partial charge on any atom is -0.480 e. The molecule has 1 aliphatic rings. The molecular weight excluding hydrogens is 346 g/mol. The smallest absolute Gasteiger partial charge is 0.320 e. The standard InChI is InChI=1S/C21H31NO5/c1-20(2,3)27-19(25)17(21(4,5)26)15-11-12-16(18(23)24)22(15)13-14-9-7-6-8-10-14/h6-10,15-17,26H,11-13H2,1-5H3,(H,23,24)/t15-,16+,17?/m1/s1. The largest absolute Gasteiger partial charge is 0.480 e. The molecule has 150 valence electrons. The molecule has 2 N–H and O–H groups in total. The molecule has 0 bridgehead atoms. The van der Waals surface area contributed by atoms with Gasteiger partial charge >= 0.3 is 11.9 Å². The fourth-order valence-corrected chi connectivity index (χ4v) is 3.82. The Hall–Kier alpha value is -1.92. The molecule has 0 saturated carbocycles. The van der Waals surface area contributed by atoms with E-state index in [2.05, 4.69) is 0 Å². The highest BCUT2D eigenvalue weighted by Crippen LogP contribution is 2.37. The van der Waals surface area contributed by atoms with Crippen LogP contribution in [0.5, 0.6) is 0 Å². The average Bonchev–Trinajstić information content (AvgIpc) is 2.88. The number of benzene rings is 1. The van der Waals surface area contributed by atoms with Crippen molar-refractivity contribution in [2.45, 2.75) is 77.3 Å². The number of hydrogen-bond acceptors (Lipinski definition) is 5. The molecule has 1 fully saturated rings. The van der Waals surface area contributed by atoms with Crippen LogP contribution < -0.4 is 0 Å². The molecule has 6 nitrogen and oxygen atoms in total. The third-order valence-electron chi connectivity index (χ3n) is 4.86. The maximum absolute atomic E-state index is 12.9. The molecule has 0 amide bonds. The van der Waals surface area contributed by atoms with Gasteiger partial charge < -0.3 is 14.9 Å². The summed E-state index contributed by atoms with van der Waals surface area (Å²) in [5, 5.41) is 20.4. The number of rotatable bonds is 6. The summed E-state index contributed by atoms with van der Waals surface area (Å²) in [6, 6.07) is 8.46.